The number of rotatable bonds is 5. The first-order valence-electron chi connectivity index (χ1n) is 6.28. The van der Waals surface area contributed by atoms with Gasteiger partial charge < -0.3 is 4.74 Å². The SMILES string of the molecule is COCCCC(=O)C1CCCc2cccnc21. The molecule has 0 spiro atoms. The standard InChI is InChI=1S/C14H19NO2/c1-17-10-4-8-13(16)12-7-2-5-11-6-3-9-15-14(11)12/h3,6,9,12H,2,4-5,7-8,10H2,1H3. The summed E-state index contributed by atoms with van der Waals surface area (Å²) in [7, 11) is 1.67. The molecule has 0 aromatic carbocycles. The molecule has 0 N–H and O–H groups in total. The number of aromatic nitrogens is 1. The number of ether oxygens (including phenoxy) is 1. The van der Waals surface area contributed by atoms with Crippen LogP contribution in [0.4, 0.5) is 0 Å². The molecule has 1 aliphatic rings. The first kappa shape index (κ1) is 12.2. The van der Waals surface area contributed by atoms with Gasteiger partial charge in [-0.3, -0.25) is 9.78 Å². The first-order chi connectivity index (χ1) is 8.33. The Labute approximate surface area is 102 Å². The quantitative estimate of drug-likeness (QED) is 0.733. The number of hydrogen-bond acceptors (Lipinski definition) is 3. The largest absolute Gasteiger partial charge is 0.385 e. The van der Waals surface area contributed by atoms with Gasteiger partial charge in [0.15, 0.2) is 0 Å². The Morgan fingerprint density at radius 2 is 2.47 bits per heavy atom. The normalized spacial score (nSPS) is 18.8. The lowest BCUT2D eigenvalue weighted by molar-refractivity contribution is -0.121. The molecular formula is C14H19NO2. The Balaban J connectivity index is 2.05. The topological polar surface area (TPSA) is 39.2 Å². The first-order valence-corrected chi connectivity index (χ1v) is 6.28. The van der Waals surface area contributed by atoms with Gasteiger partial charge in [0.1, 0.15) is 5.78 Å². The number of nitrogens with zero attached hydrogens (tertiary/aromatic N) is 1. The summed E-state index contributed by atoms with van der Waals surface area (Å²) in [6.07, 6.45) is 6.32. The molecule has 0 amide bonds. The summed E-state index contributed by atoms with van der Waals surface area (Å²) in [5.41, 5.74) is 2.27. The van der Waals surface area contributed by atoms with Crippen LogP contribution in [-0.2, 0) is 16.0 Å². The fourth-order valence-corrected chi connectivity index (χ4v) is 2.49. The van der Waals surface area contributed by atoms with Gasteiger partial charge in [0.25, 0.3) is 0 Å². The predicted octanol–water partition coefficient (Wildman–Crippen LogP) is 2.50. The zero-order valence-electron chi connectivity index (χ0n) is 10.3. The van der Waals surface area contributed by atoms with Crippen molar-refractivity contribution in [3.05, 3.63) is 29.6 Å². The van der Waals surface area contributed by atoms with Crippen molar-refractivity contribution in [2.24, 2.45) is 0 Å². The third kappa shape index (κ3) is 2.91. The highest BCUT2D eigenvalue weighted by Gasteiger charge is 2.26. The summed E-state index contributed by atoms with van der Waals surface area (Å²) in [5.74, 6) is 0.346. The van der Waals surface area contributed by atoms with E-state index in [1.807, 2.05) is 6.07 Å². The van der Waals surface area contributed by atoms with Crippen molar-refractivity contribution >= 4 is 5.78 Å². The summed E-state index contributed by atoms with van der Waals surface area (Å²) in [6, 6.07) is 4.05. The summed E-state index contributed by atoms with van der Waals surface area (Å²) in [5, 5.41) is 0. The Morgan fingerprint density at radius 1 is 1.59 bits per heavy atom. The van der Waals surface area contributed by atoms with Gasteiger partial charge in [-0.1, -0.05) is 6.07 Å². The van der Waals surface area contributed by atoms with Gasteiger partial charge in [0, 0.05) is 26.3 Å². The van der Waals surface area contributed by atoms with E-state index in [0.29, 0.717) is 18.8 Å². The average molecular weight is 233 g/mol. The number of aryl methyl sites for hydroxylation is 1. The lowest BCUT2D eigenvalue weighted by Crippen LogP contribution is -2.20. The molecule has 1 atom stereocenters. The minimum absolute atomic E-state index is 0.0248. The zero-order valence-corrected chi connectivity index (χ0v) is 10.3. The van der Waals surface area contributed by atoms with Crippen molar-refractivity contribution in [2.75, 3.05) is 13.7 Å². The van der Waals surface area contributed by atoms with Crippen LogP contribution < -0.4 is 0 Å². The van der Waals surface area contributed by atoms with E-state index in [9.17, 15) is 4.79 Å². The number of methoxy groups -OCH3 is 1. The lowest BCUT2D eigenvalue weighted by atomic mass is 9.83. The molecule has 3 heteroatoms. The second-order valence-corrected chi connectivity index (χ2v) is 4.56. The van der Waals surface area contributed by atoms with Crippen LogP contribution in [0, 0.1) is 0 Å². The minimum Gasteiger partial charge on any atom is -0.385 e. The highest BCUT2D eigenvalue weighted by atomic mass is 16.5. The second-order valence-electron chi connectivity index (χ2n) is 4.56. The van der Waals surface area contributed by atoms with Gasteiger partial charge in [0.05, 0.1) is 11.6 Å². The third-order valence-corrected chi connectivity index (χ3v) is 3.36. The van der Waals surface area contributed by atoms with Crippen LogP contribution in [0.15, 0.2) is 18.3 Å². The van der Waals surface area contributed by atoms with Crippen LogP contribution in [0.3, 0.4) is 0 Å². The monoisotopic (exact) mass is 233 g/mol. The van der Waals surface area contributed by atoms with Crippen molar-refractivity contribution in [3.8, 4) is 0 Å². The third-order valence-electron chi connectivity index (χ3n) is 3.36. The van der Waals surface area contributed by atoms with Crippen LogP contribution >= 0.6 is 0 Å². The van der Waals surface area contributed by atoms with E-state index in [1.165, 1.54) is 5.56 Å². The number of fused-ring (bicyclic) bond motifs is 1. The van der Waals surface area contributed by atoms with Crippen LogP contribution in [0.5, 0.6) is 0 Å². The Hall–Kier alpha value is -1.22. The molecule has 1 aromatic rings. The van der Waals surface area contributed by atoms with E-state index < -0.39 is 0 Å². The van der Waals surface area contributed by atoms with E-state index >= 15 is 0 Å². The second kappa shape index (κ2) is 5.92. The number of carbonyl (C=O) groups is 1. The highest BCUT2D eigenvalue weighted by molar-refractivity contribution is 5.85. The summed E-state index contributed by atoms with van der Waals surface area (Å²) < 4.78 is 4.98. The maximum Gasteiger partial charge on any atom is 0.142 e. The van der Waals surface area contributed by atoms with Crippen LogP contribution in [0.2, 0.25) is 0 Å². The van der Waals surface area contributed by atoms with Gasteiger partial charge in [-0.25, -0.2) is 0 Å². The van der Waals surface area contributed by atoms with Crippen LogP contribution in [0.25, 0.3) is 0 Å². The van der Waals surface area contributed by atoms with Crippen LogP contribution in [-0.4, -0.2) is 24.5 Å². The van der Waals surface area contributed by atoms with Gasteiger partial charge in [-0.15, -0.1) is 0 Å². The van der Waals surface area contributed by atoms with E-state index in [-0.39, 0.29) is 5.92 Å². The zero-order chi connectivity index (χ0) is 12.1. The number of Topliss-reactive ketones (excluding diaryl/α,β-unsaturated/α-hetero) is 1. The lowest BCUT2D eigenvalue weighted by Gasteiger charge is -2.23. The van der Waals surface area contributed by atoms with Gasteiger partial charge in [0.2, 0.25) is 0 Å². The van der Waals surface area contributed by atoms with Gasteiger partial charge in [-0.05, 0) is 37.3 Å². The molecule has 0 aliphatic heterocycles. The molecule has 0 saturated heterocycles. The number of hydrogen-bond donors (Lipinski definition) is 0. The van der Waals surface area contributed by atoms with Crippen molar-refractivity contribution in [3.63, 3.8) is 0 Å². The highest BCUT2D eigenvalue weighted by Crippen LogP contribution is 2.31. The van der Waals surface area contributed by atoms with Crippen molar-refractivity contribution < 1.29 is 9.53 Å². The van der Waals surface area contributed by atoms with E-state index in [2.05, 4.69) is 11.1 Å². The van der Waals surface area contributed by atoms with E-state index in [4.69, 9.17) is 4.74 Å². The molecule has 1 heterocycles. The summed E-state index contributed by atoms with van der Waals surface area (Å²) >= 11 is 0. The Bertz CT molecular complexity index is 390. The van der Waals surface area contributed by atoms with E-state index in [1.54, 1.807) is 13.3 Å². The van der Waals surface area contributed by atoms with Crippen molar-refractivity contribution in [1.82, 2.24) is 4.98 Å². The number of pyridine rings is 1. The van der Waals surface area contributed by atoms with Crippen molar-refractivity contribution in [1.29, 1.82) is 0 Å². The molecule has 17 heavy (non-hydrogen) atoms. The number of carbonyl (C=O) groups excluding carboxylic acids is 1. The Kier molecular flexibility index (Phi) is 4.26. The molecule has 92 valence electrons. The maximum absolute atomic E-state index is 12.1. The predicted molar refractivity (Wildman–Crippen MR) is 66.0 cm³/mol. The van der Waals surface area contributed by atoms with Crippen molar-refractivity contribution in [2.45, 2.75) is 38.0 Å². The number of ketones is 1. The summed E-state index contributed by atoms with van der Waals surface area (Å²) in [6.45, 7) is 0.660. The smallest absolute Gasteiger partial charge is 0.142 e. The maximum atomic E-state index is 12.1. The molecule has 0 fully saturated rings. The average Bonchev–Trinajstić information content (AvgIpc) is 2.38. The van der Waals surface area contributed by atoms with Crippen LogP contribution in [0.1, 0.15) is 42.9 Å². The molecular weight excluding hydrogens is 214 g/mol. The molecule has 1 aromatic heterocycles. The molecule has 0 bridgehead atoms. The molecule has 0 radical (unpaired) electrons. The molecule has 1 unspecified atom stereocenters. The summed E-state index contributed by atoms with van der Waals surface area (Å²) in [4.78, 5) is 16.5. The molecule has 0 saturated carbocycles. The minimum atomic E-state index is 0.0248. The Morgan fingerprint density at radius 3 is 3.29 bits per heavy atom. The molecule has 2 rings (SSSR count). The van der Waals surface area contributed by atoms with Gasteiger partial charge in [-0.2, -0.15) is 0 Å². The molecule has 3 nitrogen and oxygen atoms in total. The molecule has 1 aliphatic carbocycles. The van der Waals surface area contributed by atoms with E-state index in [0.717, 1.165) is 31.4 Å². The van der Waals surface area contributed by atoms with Gasteiger partial charge >= 0.3 is 0 Å². The fraction of sp³-hybridized carbons (Fsp3) is 0.571. The fourth-order valence-electron chi connectivity index (χ4n) is 2.49.